The fourth-order valence-electron chi connectivity index (χ4n) is 2.76. The van der Waals surface area contributed by atoms with E-state index >= 15 is 0 Å². The minimum Gasteiger partial charge on any atom is -0.330 e. The molecule has 0 saturated carbocycles. The fraction of sp³-hybridized carbons (Fsp3) is 1.00. The van der Waals surface area contributed by atoms with Crippen LogP contribution in [0, 0.1) is 11.8 Å². The number of hydrogen-bond donors (Lipinski definition) is 2. The van der Waals surface area contributed by atoms with Crippen molar-refractivity contribution in [1.29, 1.82) is 0 Å². The van der Waals surface area contributed by atoms with Gasteiger partial charge in [-0.3, -0.25) is 0 Å². The van der Waals surface area contributed by atoms with E-state index < -0.39 is 10.2 Å². The Morgan fingerprint density at radius 1 is 1.24 bits per heavy atom. The predicted molar refractivity (Wildman–Crippen MR) is 88.2 cm³/mol. The Labute approximate surface area is 130 Å². The molecule has 0 spiro atoms. The van der Waals surface area contributed by atoms with Gasteiger partial charge in [-0.1, -0.05) is 39.5 Å². The lowest BCUT2D eigenvalue weighted by atomic mass is 10.0. The van der Waals surface area contributed by atoms with Crippen LogP contribution in [0.15, 0.2) is 0 Å². The Morgan fingerprint density at radius 3 is 2.62 bits per heavy atom. The van der Waals surface area contributed by atoms with Crippen molar-refractivity contribution in [2.75, 3.05) is 26.2 Å². The van der Waals surface area contributed by atoms with Gasteiger partial charge in [0.15, 0.2) is 0 Å². The molecule has 0 radical (unpaired) electrons. The van der Waals surface area contributed by atoms with Crippen LogP contribution in [0.25, 0.3) is 0 Å². The Balaban J connectivity index is 2.18. The minimum absolute atomic E-state index is 0.311. The molecule has 1 saturated heterocycles. The summed E-state index contributed by atoms with van der Waals surface area (Å²) in [4.78, 5) is 0. The van der Waals surface area contributed by atoms with Gasteiger partial charge < -0.3 is 5.73 Å². The van der Waals surface area contributed by atoms with Gasteiger partial charge in [-0.15, -0.1) is 0 Å². The van der Waals surface area contributed by atoms with Crippen LogP contribution in [0.1, 0.15) is 58.8 Å². The van der Waals surface area contributed by atoms with E-state index in [1.54, 1.807) is 4.31 Å². The molecule has 1 rings (SSSR count). The lowest BCUT2D eigenvalue weighted by Crippen LogP contribution is -2.47. The van der Waals surface area contributed by atoms with Crippen molar-refractivity contribution in [3.63, 3.8) is 0 Å². The quantitative estimate of drug-likeness (QED) is 0.605. The first-order valence-corrected chi connectivity index (χ1v) is 9.84. The zero-order valence-corrected chi connectivity index (χ0v) is 14.5. The minimum atomic E-state index is -3.30. The van der Waals surface area contributed by atoms with E-state index in [-0.39, 0.29) is 0 Å². The van der Waals surface area contributed by atoms with Gasteiger partial charge in [0.1, 0.15) is 0 Å². The third-order valence-corrected chi connectivity index (χ3v) is 5.73. The van der Waals surface area contributed by atoms with Crippen molar-refractivity contribution in [1.82, 2.24) is 9.03 Å². The van der Waals surface area contributed by atoms with E-state index in [0.717, 1.165) is 31.6 Å². The van der Waals surface area contributed by atoms with Crippen LogP contribution in [0.2, 0.25) is 0 Å². The van der Waals surface area contributed by atoms with Crippen LogP contribution in [0.5, 0.6) is 0 Å². The first-order valence-electron chi connectivity index (χ1n) is 8.40. The molecule has 1 aliphatic rings. The smallest absolute Gasteiger partial charge is 0.279 e. The number of piperidine rings is 1. The summed E-state index contributed by atoms with van der Waals surface area (Å²) in [5.74, 6) is 1.07. The van der Waals surface area contributed by atoms with Crippen LogP contribution in [0.3, 0.4) is 0 Å². The second-order valence-corrected chi connectivity index (χ2v) is 8.35. The van der Waals surface area contributed by atoms with Gasteiger partial charge in [-0.25, -0.2) is 4.72 Å². The molecule has 0 amide bonds. The van der Waals surface area contributed by atoms with Gasteiger partial charge in [-0.2, -0.15) is 12.7 Å². The monoisotopic (exact) mass is 319 g/mol. The van der Waals surface area contributed by atoms with Crippen molar-refractivity contribution >= 4 is 10.2 Å². The number of hydrogen-bond acceptors (Lipinski definition) is 3. The standard InChI is InChI=1S/C15H33N3O2S/c1-14(2)8-5-3-4-6-10-17-21(19,20)18-11-7-9-15(12-16)13-18/h14-15,17H,3-13,16H2,1-2H3. The normalized spacial score (nSPS) is 21.0. The molecule has 0 aliphatic carbocycles. The van der Waals surface area contributed by atoms with Crippen LogP contribution >= 0.6 is 0 Å². The molecule has 0 aromatic rings. The summed E-state index contributed by atoms with van der Waals surface area (Å²) < 4.78 is 28.7. The van der Waals surface area contributed by atoms with Crippen molar-refractivity contribution in [3.8, 4) is 0 Å². The maximum absolute atomic E-state index is 12.2. The van der Waals surface area contributed by atoms with Gasteiger partial charge >= 0.3 is 0 Å². The number of rotatable bonds is 10. The second kappa shape index (κ2) is 9.77. The largest absolute Gasteiger partial charge is 0.330 e. The lowest BCUT2D eigenvalue weighted by molar-refractivity contribution is 0.268. The Bertz CT molecular complexity index is 371. The first-order chi connectivity index (χ1) is 9.95. The molecule has 1 heterocycles. The molecule has 6 heteroatoms. The highest BCUT2D eigenvalue weighted by atomic mass is 32.2. The molecule has 1 unspecified atom stereocenters. The van der Waals surface area contributed by atoms with E-state index in [1.165, 1.54) is 19.3 Å². The van der Waals surface area contributed by atoms with Crippen LogP contribution in [-0.2, 0) is 10.2 Å². The Kier molecular flexibility index (Phi) is 8.78. The molecule has 126 valence electrons. The summed E-state index contributed by atoms with van der Waals surface area (Å²) in [5, 5.41) is 0. The zero-order valence-electron chi connectivity index (χ0n) is 13.7. The number of nitrogens with zero attached hydrogens (tertiary/aromatic N) is 1. The van der Waals surface area contributed by atoms with E-state index in [9.17, 15) is 8.42 Å². The van der Waals surface area contributed by atoms with Gasteiger partial charge in [0.25, 0.3) is 10.2 Å². The molecule has 5 nitrogen and oxygen atoms in total. The maximum Gasteiger partial charge on any atom is 0.279 e. The van der Waals surface area contributed by atoms with E-state index in [0.29, 0.717) is 32.1 Å². The predicted octanol–water partition coefficient (Wildman–Crippen LogP) is 2.10. The molecule has 0 aromatic carbocycles. The van der Waals surface area contributed by atoms with Crippen molar-refractivity contribution < 1.29 is 8.42 Å². The Hall–Kier alpha value is -0.170. The lowest BCUT2D eigenvalue weighted by Gasteiger charge is -2.31. The molecule has 0 aromatic heterocycles. The second-order valence-electron chi connectivity index (χ2n) is 6.60. The van der Waals surface area contributed by atoms with Crippen LogP contribution in [-0.4, -0.2) is 38.9 Å². The number of nitrogens with two attached hydrogens (primary N) is 1. The van der Waals surface area contributed by atoms with Crippen LogP contribution in [0.4, 0.5) is 0 Å². The summed E-state index contributed by atoms with van der Waals surface area (Å²) in [6, 6.07) is 0. The summed E-state index contributed by atoms with van der Waals surface area (Å²) in [5.41, 5.74) is 5.66. The van der Waals surface area contributed by atoms with E-state index in [1.807, 2.05) is 0 Å². The highest BCUT2D eigenvalue weighted by Crippen LogP contribution is 2.17. The summed E-state index contributed by atoms with van der Waals surface area (Å²) in [6.45, 7) is 6.79. The maximum atomic E-state index is 12.2. The molecule has 3 N–H and O–H groups in total. The topological polar surface area (TPSA) is 75.4 Å². The third-order valence-electron chi connectivity index (χ3n) is 4.15. The molecule has 1 atom stereocenters. The van der Waals surface area contributed by atoms with Gasteiger partial charge in [0.05, 0.1) is 0 Å². The molecular weight excluding hydrogens is 286 g/mol. The average molecular weight is 320 g/mol. The fourth-order valence-corrected chi connectivity index (χ4v) is 4.12. The molecule has 1 fully saturated rings. The van der Waals surface area contributed by atoms with E-state index in [4.69, 9.17) is 5.73 Å². The highest BCUT2D eigenvalue weighted by Gasteiger charge is 2.27. The van der Waals surface area contributed by atoms with Crippen LogP contribution < -0.4 is 10.5 Å². The highest BCUT2D eigenvalue weighted by molar-refractivity contribution is 7.87. The summed E-state index contributed by atoms with van der Waals surface area (Å²) in [7, 11) is -3.30. The van der Waals surface area contributed by atoms with Crippen molar-refractivity contribution in [2.45, 2.75) is 58.8 Å². The van der Waals surface area contributed by atoms with Gasteiger partial charge in [0, 0.05) is 19.6 Å². The SMILES string of the molecule is CC(C)CCCCCCNS(=O)(=O)N1CCCC(CN)C1. The van der Waals surface area contributed by atoms with Gasteiger partial charge in [0.2, 0.25) is 0 Å². The zero-order chi connectivity index (χ0) is 15.7. The number of nitrogens with one attached hydrogen (secondary N) is 1. The first kappa shape index (κ1) is 18.9. The van der Waals surface area contributed by atoms with Gasteiger partial charge in [-0.05, 0) is 37.6 Å². The van der Waals surface area contributed by atoms with Crippen molar-refractivity contribution in [3.05, 3.63) is 0 Å². The molecule has 21 heavy (non-hydrogen) atoms. The Morgan fingerprint density at radius 2 is 1.95 bits per heavy atom. The van der Waals surface area contributed by atoms with E-state index in [2.05, 4.69) is 18.6 Å². The molecule has 1 aliphatic heterocycles. The van der Waals surface area contributed by atoms with Crippen molar-refractivity contribution in [2.24, 2.45) is 17.6 Å². The number of unbranched alkanes of at least 4 members (excludes halogenated alkanes) is 3. The third kappa shape index (κ3) is 7.58. The summed E-state index contributed by atoms with van der Waals surface area (Å²) >= 11 is 0. The molecular formula is C15H33N3O2S. The average Bonchev–Trinajstić information content (AvgIpc) is 2.46. The summed E-state index contributed by atoms with van der Waals surface area (Å²) in [6.07, 6.45) is 7.68. The molecule has 0 bridgehead atoms.